The number of nitrogens with zero attached hydrogens (tertiary/aromatic N) is 2. The molecule has 1 fully saturated rings. The van der Waals surface area contributed by atoms with E-state index in [4.69, 9.17) is 23.2 Å². The number of nitrogens with one attached hydrogen (secondary N) is 1. The number of carbonyl (C=O) groups excluding carboxylic acids is 1. The fraction of sp³-hybridized carbons (Fsp3) is 0.235. The van der Waals surface area contributed by atoms with Crippen molar-refractivity contribution in [2.45, 2.75) is 0 Å². The van der Waals surface area contributed by atoms with Gasteiger partial charge < -0.3 is 15.1 Å². The number of urea groups is 1. The standard InChI is InChI=1S/C17H17Cl2N3O/c18-14-7-4-8-15(16(14)19)21-9-11-22(12-10-21)17(23)20-13-5-2-1-3-6-13/h1-8H,9-12H2,(H,20,23). The highest BCUT2D eigenvalue weighted by atomic mass is 35.5. The van der Waals surface area contributed by atoms with Crippen LogP contribution in [0.25, 0.3) is 0 Å². The first kappa shape index (κ1) is 16.0. The molecule has 120 valence electrons. The lowest BCUT2D eigenvalue weighted by molar-refractivity contribution is 0.208. The van der Waals surface area contributed by atoms with E-state index in [0.717, 1.165) is 24.5 Å². The molecular formula is C17H17Cl2N3O. The van der Waals surface area contributed by atoms with Crippen molar-refractivity contribution in [3.05, 3.63) is 58.6 Å². The molecule has 1 heterocycles. The van der Waals surface area contributed by atoms with Gasteiger partial charge in [0.1, 0.15) is 0 Å². The number of hydrogen-bond donors (Lipinski definition) is 1. The predicted molar refractivity (Wildman–Crippen MR) is 95.7 cm³/mol. The van der Waals surface area contributed by atoms with Crippen molar-refractivity contribution in [2.75, 3.05) is 36.4 Å². The van der Waals surface area contributed by atoms with Crippen LogP contribution in [-0.4, -0.2) is 37.1 Å². The molecule has 2 aromatic carbocycles. The fourth-order valence-corrected chi connectivity index (χ4v) is 3.03. The predicted octanol–water partition coefficient (Wildman–Crippen LogP) is 4.35. The molecule has 1 aliphatic rings. The van der Waals surface area contributed by atoms with E-state index < -0.39 is 0 Å². The van der Waals surface area contributed by atoms with Crippen molar-refractivity contribution in [2.24, 2.45) is 0 Å². The van der Waals surface area contributed by atoms with Crippen LogP contribution in [0.2, 0.25) is 10.0 Å². The Hall–Kier alpha value is -1.91. The van der Waals surface area contributed by atoms with Gasteiger partial charge in [-0.2, -0.15) is 0 Å². The van der Waals surface area contributed by atoms with Gasteiger partial charge in [-0.15, -0.1) is 0 Å². The number of para-hydroxylation sites is 1. The lowest BCUT2D eigenvalue weighted by Crippen LogP contribution is -2.50. The summed E-state index contributed by atoms with van der Waals surface area (Å²) in [5.41, 5.74) is 1.72. The molecule has 0 spiro atoms. The SMILES string of the molecule is O=C(Nc1ccccc1)N1CCN(c2cccc(Cl)c2Cl)CC1. The molecule has 0 aliphatic carbocycles. The highest BCUT2D eigenvalue weighted by Gasteiger charge is 2.22. The Balaban J connectivity index is 1.60. The summed E-state index contributed by atoms with van der Waals surface area (Å²) >= 11 is 12.3. The normalized spacial score (nSPS) is 14.7. The number of piperazine rings is 1. The van der Waals surface area contributed by atoms with Gasteiger partial charge in [-0.1, -0.05) is 47.5 Å². The maximum Gasteiger partial charge on any atom is 0.321 e. The Bertz CT molecular complexity index is 685. The summed E-state index contributed by atoms with van der Waals surface area (Å²) in [6.07, 6.45) is 0. The van der Waals surface area contributed by atoms with Crippen LogP contribution in [0.4, 0.5) is 16.2 Å². The maximum absolute atomic E-state index is 12.3. The van der Waals surface area contributed by atoms with Crippen LogP contribution in [0.5, 0.6) is 0 Å². The van der Waals surface area contributed by atoms with Gasteiger partial charge in [0.15, 0.2) is 0 Å². The van der Waals surface area contributed by atoms with Crippen molar-refractivity contribution in [1.82, 2.24) is 4.90 Å². The summed E-state index contributed by atoms with van der Waals surface area (Å²) in [5.74, 6) is 0. The molecule has 0 aromatic heterocycles. The van der Waals surface area contributed by atoms with Crippen LogP contribution in [-0.2, 0) is 0 Å². The molecule has 1 N–H and O–H groups in total. The first-order chi connectivity index (χ1) is 11.1. The molecule has 2 aromatic rings. The largest absolute Gasteiger partial charge is 0.367 e. The zero-order chi connectivity index (χ0) is 16.2. The zero-order valence-corrected chi connectivity index (χ0v) is 14.0. The molecule has 0 bridgehead atoms. The quantitative estimate of drug-likeness (QED) is 0.874. The van der Waals surface area contributed by atoms with Crippen LogP contribution in [0.1, 0.15) is 0 Å². The van der Waals surface area contributed by atoms with Gasteiger partial charge in [0.25, 0.3) is 0 Å². The van der Waals surface area contributed by atoms with Crippen LogP contribution in [0.3, 0.4) is 0 Å². The van der Waals surface area contributed by atoms with Crippen molar-refractivity contribution in [3.63, 3.8) is 0 Å². The first-order valence-corrected chi connectivity index (χ1v) is 8.20. The van der Waals surface area contributed by atoms with Gasteiger partial charge in [0.2, 0.25) is 0 Å². The zero-order valence-electron chi connectivity index (χ0n) is 12.5. The number of halogens is 2. The summed E-state index contributed by atoms with van der Waals surface area (Å²) in [6.45, 7) is 2.73. The second-order valence-corrected chi connectivity index (χ2v) is 6.13. The van der Waals surface area contributed by atoms with Gasteiger partial charge in [-0.3, -0.25) is 0 Å². The van der Waals surface area contributed by atoms with Gasteiger partial charge in [-0.05, 0) is 24.3 Å². The number of anilines is 2. The Morgan fingerprint density at radius 3 is 2.30 bits per heavy atom. The minimum Gasteiger partial charge on any atom is -0.367 e. The molecule has 3 rings (SSSR count). The van der Waals surface area contributed by atoms with Crippen molar-refractivity contribution < 1.29 is 4.79 Å². The van der Waals surface area contributed by atoms with E-state index in [-0.39, 0.29) is 6.03 Å². The Kier molecular flexibility index (Phi) is 4.94. The molecular weight excluding hydrogens is 333 g/mol. The van der Waals surface area contributed by atoms with Crippen LogP contribution >= 0.6 is 23.2 Å². The number of rotatable bonds is 2. The van der Waals surface area contributed by atoms with Crippen LogP contribution in [0, 0.1) is 0 Å². The topological polar surface area (TPSA) is 35.6 Å². The average Bonchev–Trinajstić information content (AvgIpc) is 2.58. The van der Waals surface area contributed by atoms with E-state index in [2.05, 4.69) is 10.2 Å². The highest BCUT2D eigenvalue weighted by molar-refractivity contribution is 6.43. The van der Waals surface area contributed by atoms with E-state index in [9.17, 15) is 4.79 Å². The summed E-state index contributed by atoms with van der Waals surface area (Å²) in [4.78, 5) is 16.2. The number of carbonyl (C=O) groups is 1. The second kappa shape index (κ2) is 7.11. The van der Waals surface area contributed by atoms with Crippen molar-refractivity contribution >= 4 is 40.6 Å². The van der Waals surface area contributed by atoms with Crippen molar-refractivity contribution in [3.8, 4) is 0 Å². The van der Waals surface area contributed by atoms with Crippen molar-refractivity contribution in [1.29, 1.82) is 0 Å². The Labute approximate surface area is 145 Å². The second-order valence-electron chi connectivity index (χ2n) is 5.34. The summed E-state index contributed by atoms with van der Waals surface area (Å²) in [6, 6.07) is 15.0. The fourth-order valence-electron chi connectivity index (χ4n) is 2.61. The highest BCUT2D eigenvalue weighted by Crippen LogP contribution is 2.32. The molecule has 4 nitrogen and oxygen atoms in total. The van der Waals surface area contributed by atoms with Gasteiger partial charge in [-0.25, -0.2) is 4.79 Å². The smallest absolute Gasteiger partial charge is 0.321 e. The monoisotopic (exact) mass is 349 g/mol. The van der Waals surface area contributed by atoms with E-state index in [1.54, 1.807) is 6.07 Å². The lowest BCUT2D eigenvalue weighted by atomic mass is 10.2. The molecule has 0 atom stereocenters. The van der Waals surface area contributed by atoms with E-state index >= 15 is 0 Å². The third-order valence-corrected chi connectivity index (χ3v) is 4.67. The Morgan fingerprint density at radius 1 is 0.913 bits per heavy atom. The molecule has 0 radical (unpaired) electrons. The van der Waals surface area contributed by atoms with Gasteiger partial charge in [0, 0.05) is 31.9 Å². The maximum atomic E-state index is 12.3. The van der Waals surface area contributed by atoms with Gasteiger partial charge in [0.05, 0.1) is 15.7 Å². The Morgan fingerprint density at radius 2 is 1.61 bits per heavy atom. The number of benzene rings is 2. The minimum atomic E-state index is -0.0759. The third-order valence-electron chi connectivity index (χ3n) is 3.86. The summed E-state index contributed by atoms with van der Waals surface area (Å²) in [5, 5.41) is 4.02. The van der Waals surface area contributed by atoms with E-state index in [0.29, 0.717) is 23.1 Å². The van der Waals surface area contributed by atoms with E-state index in [1.165, 1.54) is 0 Å². The van der Waals surface area contributed by atoms with Gasteiger partial charge >= 0.3 is 6.03 Å². The molecule has 1 saturated heterocycles. The van der Waals surface area contributed by atoms with Crippen LogP contribution in [0.15, 0.2) is 48.5 Å². The minimum absolute atomic E-state index is 0.0759. The first-order valence-electron chi connectivity index (χ1n) is 7.45. The number of amides is 2. The summed E-state index contributed by atoms with van der Waals surface area (Å²) < 4.78 is 0. The molecule has 0 saturated carbocycles. The lowest BCUT2D eigenvalue weighted by Gasteiger charge is -2.36. The number of hydrogen-bond acceptors (Lipinski definition) is 2. The molecule has 0 unspecified atom stereocenters. The molecule has 23 heavy (non-hydrogen) atoms. The molecule has 1 aliphatic heterocycles. The average molecular weight is 350 g/mol. The summed E-state index contributed by atoms with van der Waals surface area (Å²) in [7, 11) is 0. The molecule has 6 heteroatoms. The van der Waals surface area contributed by atoms with E-state index in [1.807, 2.05) is 47.4 Å². The third kappa shape index (κ3) is 3.71. The van der Waals surface area contributed by atoms with Crippen LogP contribution < -0.4 is 10.2 Å². The molecule has 2 amide bonds.